The minimum atomic E-state index is -3.91. The Balaban J connectivity index is 2.31. The monoisotopic (exact) mass is 411 g/mol. The zero-order valence-electron chi connectivity index (χ0n) is 15.1. The van der Waals surface area contributed by atoms with Crippen LogP contribution >= 0.6 is 0 Å². The normalized spacial score (nSPS) is 12.4. The highest BCUT2D eigenvalue weighted by atomic mass is 32.2. The first kappa shape index (κ1) is 21.0. The van der Waals surface area contributed by atoms with E-state index >= 15 is 0 Å². The highest BCUT2D eigenvalue weighted by molar-refractivity contribution is 7.89. The number of hydrogen-bond acceptors (Lipinski definition) is 5. The van der Waals surface area contributed by atoms with Crippen LogP contribution in [0.2, 0.25) is 0 Å². The Morgan fingerprint density at radius 2 is 1.59 bits per heavy atom. The van der Waals surface area contributed by atoms with Crippen LogP contribution in [0.1, 0.15) is 24.2 Å². The number of anilines is 1. The molecule has 27 heavy (non-hydrogen) atoms. The molecule has 10 heteroatoms. The van der Waals surface area contributed by atoms with Crippen LogP contribution in [0.15, 0.2) is 58.3 Å². The Morgan fingerprint density at radius 1 is 1.00 bits per heavy atom. The minimum absolute atomic E-state index is 0.00960. The van der Waals surface area contributed by atoms with Crippen molar-refractivity contribution in [2.75, 3.05) is 12.4 Å². The fourth-order valence-corrected chi connectivity index (χ4v) is 4.17. The highest BCUT2D eigenvalue weighted by Gasteiger charge is 2.24. The first-order chi connectivity index (χ1) is 12.4. The summed E-state index contributed by atoms with van der Waals surface area (Å²) in [5, 5.41) is 7.61. The second-order valence-electron chi connectivity index (χ2n) is 6.17. The molecule has 0 radical (unpaired) electrons. The van der Waals surface area contributed by atoms with Crippen LogP contribution in [0.25, 0.3) is 0 Å². The average Bonchev–Trinajstić information content (AvgIpc) is 2.60. The van der Waals surface area contributed by atoms with E-state index in [0.717, 1.165) is 0 Å². The number of rotatable bonds is 6. The summed E-state index contributed by atoms with van der Waals surface area (Å²) in [7, 11) is -6.18. The summed E-state index contributed by atoms with van der Waals surface area (Å²) < 4.78 is 49.2. The molecule has 0 aromatic heterocycles. The summed E-state index contributed by atoms with van der Waals surface area (Å²) in [4.78, 5) is 12.3. The van der Waals surface area contributed by atoms with Gasteiger partial charge in [0.25, 0.3) is 5.91 Å². The maximum absolute atomic E-state index is 12.6. The summed E-state index contributed by atoms with van der Waals surface area (Å²) >= 11 is 0. The summed E-state index contributed by atoms with van der Waals surface area (Å²) in [6, 6.07) is 10.8. The van der Waals surface area contributed by atoms with Gasteiger partial charge in [-0.3, -0.25) is 4.79 Å². The van der Waals surface area contributed by atoms with Crippen LogP contribution in [0.4, 0.5) is 5.69 Å². The maximum Gasteiger partial charge on any atom is 0.255 e. The van der Waals surface area contributed by atoms with Gasteiger partial charge in [-0.15, -0.1) is 0 Å². The Hall–Kier alpha value is -2.27. The highest BCUT2D eigenvalue weighted by Crippen LogP contribution is 2.19. The van der Waals surface area contributed by atoms with Gasteiger partial charge in [-0.2, -0.15) is 4.31 Å². The van der Waals surface area contributed by atoms with Gasteiger partial charge in [0.05, 0.1) is 9.79 Å². The third-order valence-corrected chi connectivity index (χ3v) is 6.86. The molecule has 1 amide bonds. The van der Waals surface area contributed by atoms with E-state index in [1.807, 2.05) is 0 Å². The molecule has 8 nitrogen and oxygen atoms in total. The summed E-state index contributed by atoms with van der Waals surface area (Å²) in [6.45, 7) is 3.49. The predicted molar refractivity (Wildman–Crippen MR) is 102 cm³/mol. The van der Waals surface area contributed by atoms with Crippen molar-refractivity contribution < 1.29 is 21.6 Å². The second kappa shape index (κ2) is 7.77. The lowest BCUT2D eigenvalue weighted by atomic mass is 10.2. The molecular formula is C17H21N3O5S2. The molecule has 3 N–H and O–H groups in total. The third-order valence-electron chi connectivity index (χ3n) is 3.92. The largest absolute Gasteiger partial charge is 0.322 e. The van der Waals surface area contributed by atoms with Crippen LogP contribution < -0.4 is 10.5 Å². The van der Waals surface area contributed by atoms with E-state index < -0.39 is 26.0 Å². The van der Waals surface area contributed by atoms with E-state index in [2.05, 4.69) is 5.32 Å². The fourth-order valence-electron chi connectivity index (χ4n) is 2.20. The summed E-state index contributed by atoms with van der Waals surface area (Å²) in [5.41, 5.74) is 0.341. The lowest BCUT2D eigenvalue weighted by Gasteiger charge is -2.21. The summed E-state index contributed by atoms with van der Waals surface area (Å²) in [5.74, 6) is -0.578. The Morgan fingerprint density at radius 3 is 2.19 bits per heavy atom. The number of primary sulfonamides is 1. The molecule has 0 saturated heterocycles. The van der Waals surface area contributed by atoms with Crippen LogP contribution in [-0.2, 0) is 20.0 Å². The molecule has 0 aliphatic heterocycles. The number of amides is 1. The maximum atomic E-state index is 12.6. The van der Waals surface area contributed by atoms with Gasteiger partial charge in [0.15, 0.2) is 0 Å². The number of carbonyl (C=O) groups is 1. The van der Waals surface area contributed by atoms with Gasteiger partial charge in [-0.05, 0) is 50.2 Å². The van der Waals surface area contributed by atoms with Crippen molar-refractivity contribution in [2.24, 2.45) is 5.14 Å². The van der Waals surface area contributed by atoms with Gasteiger partial charge in [-0.1, -0.05) is 12.1 Å². The van der Waals surface area contributed by atoms with Crippen LogP contribution in [0.3, 0.4) is 0 Å². The molecule has 0 atom stereocenters. The number of benzene rings is 2. The molecule has 2 aromatic carbocycles. The quantitative estimate of drug-likeness (QED) is 0.747. The van der Waals surface area contributed by atoms with Gasteiger partial charge < -0.3 is 5.32 Å². The van der Waals surface area contributed by atoms with Crippen molar-refractivity contribution in [2.45, 2.75) is 29.7 Å². The van der Waals surface area contributed by atoms with E-state index in [0.29, 0.717) is 0 Å². The molecule has 0 unspecified atom stereocenters. The van der Waals surface area contributed by atoms with Gasteiger partial charge in [0.1, 0.15) is 0 Å². The van der Waals surface area contributed by atoms with E-state index in [1.165, 1.54) is 59.9 Å². The van der Waals surface area contributed by atoms with Crippen molar-refractivity contribution in [1.82, 2.24) is 4.31 Å². The average molecular weight is 412 g/mol. The molecule has 0 aliphatic carbocycles. The molecular weight excluding hydrogens is 390 g/mol. The Bertz CT molecular complexity index is 1060. The second-order valence-corrected chi connectivity index (χ2v) is 9.73. The van der Waals surface area contributed by atoms with Gasteiger partial charge in [0, 0.05) is 24.3 Å². The Kier molecular flexibility index (Phi) is 6.05. The van der Waals surface area contributed by atoms with Crippen LogP contribution in [0.5, 0.6) is 0 Å². The lowest BCUT2D eigenvalue weighted by Crippen LogP contribution is -2.33. The van der Waals surface area contributed by atoms with E-state index in [9.17, 15) is 21.6 Å². The third kappa shape index (κ3) is 4.92. The standard InChI is InChI=1S/C17H21N3O5S2/c1-12(2)20(3)27(24,25)16-9-4-6-13(10-16)17(21)19-14-7-5-8-15(11-14)26(18,22)23/h4-12H,1-3H3,(H,19,21)(H2,18,22,23). The Labute approximate surface area is 159 Å². The molecule has 0 fully saturated rings. The van der Waals surface area contributed by atoms with Gasteiger partial charge in [0.2, 0.25) is 20.0 Å². The van der Waals surface area contributed by atoms with Crippen LogP contribution in [0, 0.1) is 0 Å². The number of carbonyl (C=O) groups excluding carboxylic acids is 1. The van der Waals surface area contributed by atoms with E-state index in [4.69, 9.17) is 5.14 Å². The lowest BCUT2D eigenvalue weighted by molar-refractivity contribution is 0.102. The topological polar surface area (TPSA) is 127 Å². The predicted octanol–water partition coefficient (Wildman–Crippen LogP) is 1.62. The summed E-state index contributed by atoms with van der Waals surface area (Å²) in [6.07, 6.45) is 0. The number of nitrogens with zero attached hydrogens (tertiary/aromatic N) is 1. The molecule has 146 valence electrons. The van der Waals surface area contributed by atoms with Crippen molar-refractivity contribution in [1.29, 1.82) is 0 Å². The fraction of sp³-hybridized carbons (Fsp3) is 0.235. The number of sulfonamides is 2. The van der Waals surface area contributed by atoms with E-state index in [-0.39, 0.29) is 27.1 Å². The molecule has 2 aromatic rings. The zero-order valence-corrected chi connectivity index (χ0v) is 16.7. The first-order valence-corrected chi connectivity index (χ1v) is 10.9. The first-order valence-electron chi connectivity index (χ1n) is 7.95. The minimum Gasteiger partial charge on any atom is -0.322 e. The van der Waals surface area contributed by atoms with Crippen LogP contribution in [-0.4, -0.2) is 40.1 Å². The van der Waals surface area contributed by atoms with Crippen molar-refractivity contribution in [3.05, 3.63) is 54.1 Å². The van der Waals surface area contributed by atoms with E-state index in [1.54, 1.807) is 13.8 Å². The molecule has 0 bridgehead atoms. The number of hydrogen-bond donors (Lipinski definition) is 2. The molecule has 0 aliphatic rings. The van der Waals surface area contributed by atoms with Crippen molar-refractivity contribution in [3.63, 3.8) is 0 Å². The smallest absolute Gasteiger partial charge is 0.255 e. The molecule has 0 heterocycles. The number of nitrogens with one attached hydrogen (secondary N) is 1. The molecule has 0 spiro atoms. The van der Waals surface area contributed by atoms with Crippen molar-refractivity contribution in [3.8, 4) is 0 Å². The molecule has 2 rings (SSSR count). The molecule has 0 saturated carbocycles. The van der Waals surface area contributed by atoms with Gasteiger partial charge in [-0.25, -0.2) is 22.0 Å². The number of nitrogens with two attached hydrogens (primary N) is 1. The van der Waals surface area contributed by atoms with Gasteiger partial charge >= 0.3 is 0 Å². The zero-order chi connectivity index (χ0) is 20.4. The van der Waals surface area contributed by atoms with Crippen molar-refractivity contribution >= 4 is 31.6 Å². The SMILES string of the molecule is CC(C)N(C)S(=O)(=O)c1cccc(C(=O)Nc2cccc(S(N)(=O)=O)c2)c1.